The van der Waals surface area contributed by atoms with E-state index in [2.05, 4.69) is 10.6 Å². The number of methoxy groups -OCH3 is 1. The molecule has 2 heterocycles. The average molecular weight is 214 g/mol. The molecule has 0 radical (unpaired) electrons. The van der Waals surface area contributed by atoms with Crippen LogP contribution in [0.2, 0.25) is 0 Å². The Morgan fingerprint density at radius 3 is 2.80 bits per heavy atom. The van der Waals surface area contributed by atoms with Crippen molar-refractivity contribution in [3.63, 3.8) is 0 Å². The largest absolute Gasteiger partial charge is 0.379 e. The third kappa shape index (κ3) is 3.14. The monoisotopic (exact) mass is 214 g/mol. The Balaban J connectivity index is 1.79. The minimum atomic E-state index is 0.230. The summed E-state index contributed by atoms with van der Waals surface area (Å²) < 4.78 is 10.9. The molecule has 0 amide bonds. The van der Waals surface area contributed by atoms with E-state index in [1.54, 1.807) is 7.11 Å². The molecule has 4 heteroatoms. The van der Waals surface area contributed by atoms with E-state index in [9.17, 15) is 0 Å². The van der Waals surface area contributed by atoms with Crippen molar-refractivity contribution < 1.29 is 9.47 Å². The topological polar surface area (TPSA) is 42.5 Å². The van der Waals surface area contributed by atoms with Gasteiger partial charge in [0, 0.05) is 25.8 Å². The lowest BCUT2D eigenvalue weighted by Gasteiger charge is -2.35. The van der Waals surface area contributed by atoms with Crippen molar-refractivity contribution in [3.05, 3.63) is 0 Å². The number of rotatable bonds is 3. The van der Waals surface area contributed by atoms with Crippen LogP contribution < -0.4 is 10.6 Å². The first-order valence-corrected chi connectivity index (χ1v) is 5.97. The van der Waals surface area contributed by atoms with Crippen LogP contribution >= 0.6 is 0 Å². The summed E-state index contributed by atoms with van der Waals surface area (Å²) in [7, 11) is 1.77. The van der Waals surface area contributed by atoms with Crippen molar-refractivity contribution in [1.82, 2.24) is 10.6 Å². The van der Waals surface area contributed by atoms with E-state index in [0.717, 1.165) is 32.7 Å². The molecule has 2 fully saturated rings. The second-order valence-corrected chi connectivity index (χ2v) is 4.44. The molecule has 2 atom stereocenters. The number of hydrogen-bond acceptors (Lipinski definition) is 4. The number of nitrogens with one attached hydrogen (secondary N) is 2. The Morgan fingerprint density at radius 1 is 1.27 bits per heavy atom. The van der Waals surface area contributed by atoms with Crippen molar-refractivity contribution in [2.45, 2.75) is 37.5 Å². The van der Waals surface area contributed by atoms with Gasteiger partial charge < -0.3 is 20.1 Å². The van der Waals surface area contributed by atoms with E-state index in [-0.39, 0.29) is 6.10 Å². The molecule has 2 rings (SSSR count). The molecule has 0 spiro atoms. The average Bonchev–Trinajstić information content (AvgIpc) is 2.31. The molecule has 1 unspecified atom stereocenters. The third-order valence-corrected chi connectivity index (χ3v) is 3.40. The van der Waals surface area contributed by atoms with E-state index >= 15 is 0 Å². The quantitative estimate of drug-likeness (QED) is 0.701. The van der Waals surface area contributed by atoms with Gasteiger partial charge in [-0.1, -0.05) is 0 Å². The van der Waals surface area contributed by atoms with Crippen LogP contribution in [0.15, 0.2) is 0 Å². The molecule has 0 aromatic heterocycles. The second kappa shape index (κ2) is 5.80. The fourth-order valence-electron chi connectivity index (χ4n) is 2.43. The maximum Gasteiger partial charge on any atom is 0.0958 e. The van der Waals surface area contributed by atoms with E-state index in [4.69, 9.17) is 9.47 Å². The summed E-state index contributed by atoms with van der Waals surface area (Å²) in [5.74, 6) is 0. The van der Waals surface area contributed by atoms with Gasteiger partial charge in [-0.15, -0.1) is 0 Å². The number of hydrogen-bond donors (Lipinski definition) is 2. The van der Waals surface area contributed by atoms with Gasteiger partial charge in [0.25, 0.3) is 0 Å². The van der Waals surface area contributed by atoms with Crippen LogP contribution in [0, 0.1) is 0 Å². The second-order valence-electron chi connectivity index (χ2n) is 4.44. The molecule has 0 bridgehead atoms. The zero-order valence-electron chi connectivity index (χ0n) is 9.50. The van der Waals surface area contributed by atoms with Crippen LogP contribution in [0.3, 0.4) is 0 Å². The SMILES string of the molecule is COC1COCC[C@H]1NC1CCNCC1. The Labute approximate surface area is 91.7 Å². The first-order chi connectivity index (χ1) is 7.40. The van der Waals surface area contributed by atoms with E-state index < -0.39 is 0 Å². The maximum atomic E-state index is 5.44. The molecular formula is C11H22N2O2. The van der Waals surface area contributed by atoms with Gasteiger partial charge in [0.2, 0.25) is 0 Å². The summed E-state index contributed by atoms with van der Waals surface area (Å²) in [4.78, 5) is 0. The summed E-state index contributed by atoms with van der Waals surface area (Å²) in [5.41, 5.74) is 0. The van der Waals surface area contributed by atoms with Crippen LogP contribution in [0.4, 0.5) is 0 Å². The van der Waals surface area contributed by atoms with Crippen molar-refractivity contribution in [2.24, 2.45) is 0 Å². The van der Waals surface area contributed by atoms with Crippen LogP contribution in [0.25, 0.3) is 0 Å². The predicted octanol–water partition coefficient (Wildman–Crippen LogP) is 0.132. The van der Waals surface area contributed by atoms with Crippen molar-refractivity contribution in [1.29, 1.82) is 0 Å². The minimum Gasteiger partial charge on any atom is -0.379 e. The highest BCUT2D eigenvalue weighted by atomic mass is 16.5. The molecule has 0 aromatic rings. The van der Waals surface area contributed by atoms with Crippen LogP contribution in [0.5, 0.6) is 0 Å². The summed E-state index contributed by atoms with van der Waals surface area (Å²) in [6.45, 7) is 3.87. The van der Waals surface area contributed by atoms with Gasteiger partial charge in [0.15, 0.2) is 0 Å². The molecule has 2 aliphatic heterocycles. The number of ether oxygens (including phenoxy) is 2. The van der Waals surface area contributed by atoms with Crippen molar-refractivity contribution in [3.8, 4) is 0 Å². The molecule has 0 saturated carbocycles. The summed E-state index contributed by atoms with van der Waals surface area (Å²) in [6.07, 6.45) is 3.76. The summed E-state index contributed by atoms with van der Waals surface area (Å²) in [5, 5.41) is 7.10. The standard InChI is InChI=1S/C11H22N2O2/c1-14-11-8-15-7-4-10(11)13-9-2-5-12-6-3-9/h9-13H,2-8H2,1H3/t10-,11?/m1/s1. The van der Waals surface area contributed by atoms with Crippen molar-refractivity contribution >= 4 is 0 Å². The highest BCUT2D eigenvalue weighted by molar-refractivity contribution is 4.85. The van der Waals surface area contributed by atoms with Crippen LogP contribution in [-0.2, 0) is 9.47 Å². The lowest BCUT2D eigenvalue weighted by Crippen LogP contribution is -2.53. The predicted molar refractivity (Wildman–Crippen MR) is 59.0 cm³/mol. The zero-order chi connectivity index (χ0) is 10.5. The summed E-state index contributed by atoms with van der Waals surface area (Å²) >= 11 is 0. The number of piperidine rings is 1. The molecule has 0 aliphatic carbocycles. The third-order valence-electron chi connectivity index (χ3n) is 3.40. The highest BCUT2D eigenvalue weighted by Gasteiger charge is 2.27. The van der Waals surface area contributed by atoms with Crippen LogP contribution in [0.1, 0.15) is 19.3 Å². The first kappa shape index (κ1) is 11.3. The smallest absolute Gasteiger partial charge is 0.0958 e. The molecule has 2 saturated heterocycles. The van der Waals surface area contributed by atoms with Crippen molar-refractivity contribution in [2.75, 3.05) is 33.4 Å². The minimum absolute atomic E-state index is 0.230. The molecule has 88 valence electrons. The van der Waals surface area contributed by atoms with Gasteiger partial charge >= 0.3 is 0 Å². The zero-order valence-corrected chi connectivity index (χ0v) is 9.50. The molecule has 4 nitrogen and oxygen atoms in total. The fourth-order valence-corrected chi connectivity index (χ4v) is 2.43. The van der Waals surface area contributed by atoms with Gasteiger partial charge in [-0.25, -0.2) is 0 Å². The molecule has 15 heavy (non-hydrogen) atoms. The fraction of sp³-hybridized carbons (Fsp3) is 1.00. The van der Waals surface area contributed by atoms with Gasteiger partial charge in [-0.05, 0) is 32.4 Å². The van der Waals surface area contributed by atoms with E-state index in [0.29, 0.717) is 12.1 Å². The van der Waals surface area contributed by atoms with Gasteiger partial charge in [-0.3, -0.25) is 0 Å². The maximum absolute atomic E-state index is 5.44. The summed E-state index contributed by atoms with van der Waals surface area (Å²) in [6, 6.07) is 1.14. The molecule has 0 aromatic carbocycles. The van der Waals surface area contributed by atoms with E-state index in [1.807, 2.05) is 0 Å². The van der Waals surface area contributed by atoms with Crippen LogP contribution in [-0.4, -0.2) is 51.6 Å². The van der Waals surface area contributed by atoms with Gasteiger partial charge in [0.1, 0.15) is 0 Å². The Hall–Kier alpha value is -0.160. The Morgan fingerprint density at radius 2 is 2.07 bits per heavy atom. The Bertz CT molecular complexity index is 183. The lowest BCUT2D eigenvalue weighted by atomic mass is 10.0. The van der Waals surface area contributed by atoms with Gasteiger partial charge in [-0.2, -0.15) is 0 Å². The lowest BCUT2D eigenvalue weighted by molar-refractivity contribution is -0.0527. The first-order valence-electron chi connectivity index (χ1n) is 5.97. The van der Waals surface area contributed by atoms with E-state index in [1.165, 1.54) is 12.8 Å². The van der Waals surface area contributed by atoms with Gasteiger partial charge in [0.05, 0.1) is 12.7 Å². The molecule has 2 aliphatic rings. The highest BCUT2D eigenvalue weighted by Crippen LogP contribution is 2.13. The molecular weight excluding hydrogens is 192 g/mol. The molecule has 2 N–H and O–H groups in total. The normalized spacial score (nSPS) is 34.2. The Kier molecular flexibility index (Phi) is 4.38.